The maximum absolute atomic E-state index is 12.9. The van der Waals surface area contributed by atoms with Gasteiger partial charge in [-0.1, -0.05) is 30.0 Å². The van der Waals surface area contributed by atoms with E-state index >= 15 is 0 Å². The van der Waals surface area contributed by atoms with Gasteiger partial charge in [-0.15, -0.1) is 0 Å². The smallest absolute Gasteiger partial charge is 0.231 e. The third kappa shape index (κ3) is 2.70. The van der Waals surface area contributed by atoms with Crippen LogP contribution in [0.15, 0.2) is 48.4 Å². The number of Topliss-reactive ketones (excluding diaryl/α,β-unsaturated/α-hetero) is 1. The predicted octanol–water partition coefficient (Wildman–Crippen LogP) is 2.05. The summed E-state index contributed by atoms with van der Waals surface area (Å²) in [5.74, 6) is 0.552. The van der Waals surface area contributed by atoms with Crippen molar-refractivity contribution in [1.29, 1.82) is 0 Å². The lowest BCUT2D eigenvalue weighted by Crippen LogP contribution is -3.08. The molecule has 5 rings (SSSR count). The van der Waals surface area contributed by atoms with E-state index < -0.39 is 0 Å². The number of para-hydroxylation sites is 1. The molecule has 2 aromatic carbocycles. The van der Waals surface area contributed by atoms with Gasteiger partial charge in [0, 0.05) is 48.1 Å². The molecule has 0 spiro atoms. The molecule has 0 radical (unpaired) electrons. The Morgan fingerprint density at radius 2 is 1.96 bits per heavy atom. The van der Waals surface area contributed by atoms with Gasteiger partial charge < -0.3 is 19.3 Å². The summed E-state index contributed by atoms with van der Waals surface area (Å²) in [5, 5.41) is 13.6. The summed E-state index contributed by atoms with van der Waals surface area (Å²) in [6, 6.07) is 11.2. The minimum atomic E-state index is -0.152. The molecule has 0 aliphatic carbocycles. The van der Waals surface area contributed by atoms with E-state index in [-0.39, 0.29) is 17.3 Å². The number of rotatable bonds is 3. The first-order valence-electron chi connectivity index (χ1n) is 9.76. The molecule has 2 aliphatic rings. The van der Waals surface area contributed by atoms with Gasteiger partial charge in [0.25, 0.3) is 0 Å². The number of likely N-dealkylation sites (tertiary alicyclic amines) is 1. The number of quaternary nitrogens is 1. The molecule has 1 aromatic heterocycles. The first-order chi connectivity index (χ1) is 13.6. The van der Waals surface area contributed by atoms with Crippen LogP contribution >= 0.6 is 0 Å². The van der Waals surface area contributed by atoms with E-state index in [9.17, 15) is 9.90 Å². The van der Waals surface area contributed by atoms with Crippen LogP contribution < -0.4 is 14.7 Å². The lowest BCUT2D eigenvalue weighted by molar-refractivity contribution is -0.901. The highest BCUT2D eigenvalue weighted by Gasteiger charge is 2.31. The summed E-state index contributed by atoms with van der Waals surface area (Å²) < 4.78 is 8.03. The van der Waals surface area contributed by atoms with E-state index in [1.807, 2.05) is 42.1 Å². The van der Waals surface area contributed by atoms with Crippen molar-refractivity contribution in [2.24, 2.45) is 7.05 Å². The van der Waals surface area contributed by atoms with Crippen LogP contribution in [0.25, 0.3) is 17.0 Å². The van der Waals surface area contributed by atoms with E-state index in [2.05, 4.69) is 0 Å². The Bertz CT molecular complexity index is 1120. The van der Waals surface area contributed by atoms with Gasteiger partial charge in [-0.2, -0.15) is 0 Å². The number of allylic oxidation sites excluding steroid dienone is 1. The highest BCUT2D eigenvalue weighted by molar-refractivity contribution is 6.15. The topological polar surface area (TPSA) is 58.7 Å². The number of hydrogen-bond donors (Lipinski definition) is 1. The van der Waals surface area contributed by atoms with E-state index in [1.54, 1.807) is 12.1 Å². The highest BCUT2D eigenvalue weighted by Crippen LogP contribution is 2.38. The Labute approximate surface area is 163 Å². The standard InChI is InChI=1S/C23H22N2O3/c1-24-13-15(16-6-2-3-7-19(16)24)12-21-22(27)17-8-9-20(26)18(23(17)28-21)14-25-10-4-5-11-25/h2-3,6-9,12-13,26H,4-5,10-11,14H2,1H3/b21-12-. The number of carbonyl (C=O) groups excluding carboxylic acids is 1. The van der Waals surface area contributed by atoms with Gasteiger partial charge in [-0.3, -0.25) is 4.79 Å². The fraction of sp³-hybridized carbons (Fsp3) is 0.261. The summed E-state index contributed by atoms with van der Waals surface area (Å²) in [6.45, 7) is 2.75. The van der Waals surface area contributed by atoms with Gasteiger partial charge in [0.05, 0.1) is 18.7 Å². The second-order valence-corrected chi connectivity index (χ2v) is 7.71. The molecule has 0 bridgehead atoms. The molecule has 1 saturated heterocycles. The molecule has 3 heterocycles. The van der Waals surface area contributed by atoms with Gasteiger partial charge in [-0.25, -0.2) is 0 Å². The van der Waals surface area contributed by atoms with Crippen molar-refractivity contribution in [1.82, 2.24) is 4.57 Å². The van der Waals surface area contributed by atoms with Crippen LogP contribution in [0, 0.1) is 0 Å². The monoisotopic (exact) mass is 374 g/mol. The normalized spacial score (nSPS) is 18.2. The molecule has 0 unspecified atom stereocenters. The number of benzene rings is 2. The number of aryl methyl sites for hydroxylation is 1. The van der Waals surface area contributed by atoms with Crippen molar-refractivity contribution in [2.45, 2.75) is 19.4 Å². The molecule has 1 N–H and O–H groups in total. The van der Waals surface area contributed by atoms with Crippen LogP contribution in [0.1, 0.15) is 34.3 Å². The molecular weight excluding hydrogens is 352 g/mol. The molecule has 142 valence electrons. The Hall–Kier alpha value is -3.05. The average Bonchev–Trinajstić information content (AvgIpc) is 3.39. The fourth-order valence-corrected chi connectivity index (χ4v) is 4.39. The van der Waals surface area contributed by atoms with Crippen LogP contribution in [0.3, 0.4) is 0 Å². The second-order valence-electron chi connectivity index (χ2n) is 7.71. The molecule has 2 aliphatic heterocycles. The maximum Gasteiger partial charge on any atom is 0.231 e. The summed E-state index contributed by atoms with van der Waals surface area (Å²) >= 11 is 0. The number of carbonyl (C=O) groups is 1. The average molecular weight is 374 g/mol. The van der Waals surface area contributed by atoms with Crippen molar-refractivity contribution in [3.63, 3.8) is 0 Å². The predicted molar refractivity (Wildman–Crippen MR) is 105 cm³/mol. The number of hydrogen-bond acceptors (Lipinski definition) is 3. The zero-order chi connectivity index (χ0) is 19.3. The van der Waals surface area contributed by atoms with Gasteiger partial charge in [0.1, 0.15) is 12.3 Å². The molecule has 0 saturated carbocycles. The van der Waals surface area contributed by atoms with E-state index in [4.69, 9.17) is 4.74 Å². The van der Waals surface area contributed by atoms with Crippen molar-refractivity contribution < 1.29 is 19.5 Å². The second kappa shape index (κ2) is 6.53. The van der Waals surface area contributed by atoms with Gasteiger partial charge in [0.2, 0.25) is 5.78 Å². The van der Waals surface area contributed by atoms with Gasteiger partial charge in [0.15, 0.2) is 5.76 Å². The Kier molecular flexibility index (Phi) is 3.98. The van der Waals surface area contributed by atoms with Crippen molar-refractivity contribution in [3.8, 4) is 11.5 Å². The number of nitrogens with zero attached hydrogens (tertiary/aromatic N) is 1. The van der Waals surface area contributed by atoms with Crippen LogP contribution in [-0.2, 0) is 13.6 Å². The summed E-state index contributed by atoms with van der Waals surface area (Å²) in [7, 11) is 1.98. The van der Waals surface area contributed by atoms with E-state index in [0.29, 0.717) is 23.4 Å². The lowest BCUT2D eigenvalue weighted by Gasteiger charge is -2.19. The molecule has 1 fully saturated rings. The quantitative estimate of drug-likeness (QED) is 0.714. The Balaban J connectivity index is 1.54. The number of ether oxygens (including phenoxy) is 1. The number of fused-ring (bicyclic) bond motifs is 2. The van der Waals surface area contributed by atoms with E-state index in [1.165, 1.54) is 23.8 Å². The SMILES string of the molecule is Cn1cc(/C=C2\Oc3c(ccc([O-])c3C[NH+]3CCCC3)C2=O)c2ccccc21. The molecule has 5 nitrogen and oxygen atoms in total. The maximum atomic E-state index is 12.9. The molecule has 0 amide bonds. The third-order valence-electron chi connectivity index (χ3n) is 5.85. The first kappa shape index (κ1) is 17.1. The van der Waals surface area contributed by atoms with Crippen molar-refractivity contribution in [3.05, 3.63) is 65.0 Å². The zero-order valence-corrected chi connectivity index (χ0v) is 15.8. The van der Waals surface area contributed by atoms with Crippen LogP contribution in [0.4, 0.5) is 0 Å². The van der Waals surface area contributed by atoms with Gasteiger partial charge in [-0.05, 0) is 18.2 Å². The molecule has 0 atom stereocenters. The van der Waals surface area contributed by atoms with Gasteiger partial charge >= 0.3 is 0 Å². The van der Waals surface area contributed by atoms with Crippen LogP contribution in [0.2, 0.25) is 0 Å². The number of ketones is 1. The summed E-state index contributed by atoms with van der Waals surface area (Å²) in [6.07, 6.45) is 6.16. The third-order valence-corrected chi connectivity index (χ3v) is 5.85. The molecule has 5 heteroatoms. The zero-order valence-electron chi connectivity index (χ0n) is 15.8. The van der Waals surface area contributed by atoms with Crippen LogP contribution in [0.5, 0.6) is 11.5 Å². The molecular formula is C23H22N2O3. The summed E-state index contributed by atoms with van der Waals surface area (Å²) in [4.78, 5) is 14.3. The number of nitrogens with one attached hydrogen (secondary N) is 1. The highest BCUT2D eigenvalue weighted by atomic mass is 16.5. The van der Waals surface area contributed by atoms with Crippen LogP contribution in [-0.4, -0.2) is 23.4 Å². The lowest BCUT2D eigenvalue weighted by atomic mass is 10.0. The summed E-state index contributed by atoms with van der Waals surface area (Å²) in [5.41, 5.74) is 3.16. The Morgan fingerprint density at radius 3 is 2.79 bits per heavy atom. The van der Waals surface area contributed by atoms with Crippen molar-refractivity contribution >= 4 is 22.8 Å². The Morgan fingerprint density at radius 1 is 1.18 bits per heavy atom. The molecule has 3 aromatic rings. The largest absolute Gasteiger partial charge is 0.872 e. The van der Waals surface area contributed by atoms with E-state index in [0.717, 1.165) is 29.6 Å². The number of aromatic nitrogens is 1. The fourth-order valence-electron chi connectivity index (χ4n) is 4.39. The first-order valence-corrected chi connectivity index (χ1v) is 9.76. The minimum absolute atomic E-state index is 0.0441. The molecule has 28 heavy (non-hydrogen) atoms. The minimum Gasteiger partial charge on any atom is -0.872 e. The van der Waals surface area contributed by atoms with Crippen molar-refractivity contribution in [2.75, 3.05) is 13.1 Å².